The third-order valence-electron chi connectivity index (χ3n) is 4.43. The first-order valence-electron chi connectivity index (χ1n) is 7.26. The van der Waals surface area contributed by atoms with E-state index in [1.165, 1.54) is 12.8 Å². The lowest BCUT2D eigenvalue weighted by Gasteiger charge is -2.26. The average molecular weight is 260 g/mol. The normalized spacial score (nSPS) is 17.4. The number of hydrogen-bond acceptors (Lipinski definition) is 2. The molecule has 3 N–H and O–H groups in total. The second kappa shape index (κ2) is 6.20. The predicted octanol–water partition coefficient (Wildman–Crippen LogP) is 2.73. The van der Waals surface area contributed by atoms with Crippen LogP contribution in [-0.2, 0) is 17.9 Å². The summed E-state index contributed by atoms with van der Waals surface area (Å²) in [5.74, 6) is 0.232. The number of benzene rings is 1. The maximum absolute atomic E-state index is 12.4. The SMILES string of the molecule is CCC1(C(=O)NCc2ccc(CN)cc2)CCCC1. The minimum atomic E-state index is -0.100. The van der Waals surface area contributed by atoms with Crippen molar-refractivity contribution in [3.63, 3.8) is 0 Å². The van der Waals surface area contributed by atoms with E-state index in [4.69, 9.17) is 5.73 Å². The fourth-order valence-electron chi connectivity index (χ4n) is 2.96. The molecule has 0 bridgehead atoms. The van der Waals surface area contributed by atoms with E-state index in [1.54, 1.807) is 0 Å². The molecule has 2 rings (SSSR count). The van der Waals surface area contributed by atoms with Crippen molar-refractivity contribution in [3.8, 4) is 0 Å². The van der Waals surface area contributed by atoms with Gasteiger partial charge in [-0.25, -0.2) is 0 Å². The first kappa shape index (κ1) is 14.1. The van der Waals surface area contributed by atoms with Crippen LogP contribution in [0.15, 0.2) is 24.3 Å². The standard InChI is InChI=1S/C16H24N2O/c1-2-16(9-3-4-10-16)15(19)18-12-14-7-5-13(11-17)6-8-14/h5-8H,2-4,9-12,17H2,1H3,(H,18,19). The minimum Gasteiger partial charge on any atom is -0.352 e. The van der Waals surface area contributed by atoms with Crippen molar-refractivity contribution in [1.29, 1.82) is 0 Å². The summed E-state index contributed by atoms with van der Waals surface area (Å²) in [7, 11) is 0. The molecule has 0 aromatic heterocycles. The zero-order valence-corrected chi connectivity index (χ0v) is 11.7. The molecule has 0 aliphatic heterocycles. The highest BCUT2D eigenvalue weighted by molar-refractivity contribution is 5.82. The highest BCUT2D eigenvalue weighted by Gasteiger charge is 2.38. The Balaban J connectivity index is 1.92. The van der Waals surface area contributed by atoms with Gasteiger partial charge < -0.3 is 11.1 Å². The smallest absolute Gasteiger partial charge is 0.226 e. The molecule has 1 aliphatic rings. The highest BCUT2D eigenvalue weighted by Crippen LogP contribution is 2.41. The van der Waals surface area contributed by atoms with Gasteiger partial charge >= 0.3 is 0 Å². The van der Waals surface area contributed by atoms with Crippen molar-refractivity contribution in [2.75, 3.05) is 0 Å². The zero-order chi connectivity index (χ0) is 13.7. The number of amides is 1. The van der Waals surface area contributed by atoms with Gasteiger partial charge in [0.1, 0.15) is 0 Å². The summed E-state index contributed by atoms with van der Waals surface area (Å²) >= 11 is 0. The van der Waals surface area contributed by atoms with Gasteiger partial charge in [0.25, 0.3) is 0 Å². The Morgan fingerprint density at radius 3 is 2.32 bits per heavy atom. The molecule has 1 aromatic rings. The van der Waals surface area contributed by atoms with Gasteiger partial charge in [0.05, 0.1) is 0 Å². The molecule has 1 fully saturated rings. The second-order valence-electron chi connectivity index (χ2n) is 5.54. The van der Waals surface area contributed by atoms with Crippen LogP contribution in [0.5, 0.6) is 0 Å². The fraction of sp³-hybridized carbons (Fsp3) is 0.562. The van der Waals surface area contributed by atoms with Gasteiger partial charge in [0.2, 0.25) is 5.91 Å². The van der Waals surface area contributed by atoms with Crippen LogP contribution in [-0.4, -0.2) is 5.91 Å². The van der Waals surface area contributed by atoms with Gasteiger partial charge in [-0.1, -0.05) is 44.0 Å². The first-order valence-corrected chi connectivity index (χ1v) is 7.26. The Bertz CT molecular complexity index is 419. The lowest BCUT2D eigenvalue weighted by Crippen LogP contribution is -2.38. The van der Waals surface area contributed by atoms with Crippen LogP contribution in [0.3, 0.4) is 0 Å². The summed E-state index contributed by atoms with van der Waals surface area (Å²) in [6.45, 7) is 3.30. The summed E-state index contributed by atoms with van der Waals surface area (Å²) in [6, 6.07) is 8.12. The Morgan fingerprint density at radius 2 is 1.79 bits per heavy atom. The van der Waals surface area contributed by atoms with Crippen molar-refractivity contribution in [1.82, 2.24) is 5.32 Å². The van der Waals surface area contributed by atoms with Gasteiger partial charge in [0, 0.05) is 18.5 Å². The third-order valence-corrected chi connectivity index (χ3v) is 4.43. The van der Waals surface area contributed by atoms with Crippen molar-refractivity contribution >= 4 is 5.91 Å². The van der Waals surface area contributed by atoms with E-state index in [1.807, 2.05) is 24.3 Å². The molecule has 3 heteroatoms. The van der Waals surface area contributed by atoms with Crippen LogP contribution in [0.1, 0.15) is 50.2 Å². The number of carbonyl (C=O) groups is 1. The molecule has 0 unspecified atom stereocenters. The van der Waals surface area contributed by atoms with Crippen molar-refractivity contribution in [2.24, 2.45) is 11.1 Å². The fourth-order valence-corrected chi connectivity index (χ4v) is 2.96. The highest BCUT2D eigenvalue weighted by atomic mass is 16.2. The van der Waals surface area contributed by atoms with Gasteiger partial charge in [0.15, 0.2) is 0 Å². The van der Waals surface area contributed by atoms with Crippen molar-refractivity contribution in [3.05, 3.63) is 35.4 Å². The quantitative estimate of drug-likeness (QED) is 0.855. The number of nitrogens with one attached hydrogen (secondary N) is 1. The number of carbonyl (C=O) groups excluding carboxylic acids is 1. The van der Waals surface area contributed by atoms with E-state index in [-0.39, 0.29) is 11.3 Å². The molecule has 0 heterocycles. The van der Waals surface area contributed by atoms with Gasteiger partial charge in [-0.2, -0.15) is 0 Å². The largest absolute Gasteiger partial charge is 0.352 e. The Kier molecular flexibility index (Phi) is 4.59. The van der Waals surface area contributed by atoms with Crippen LogP contribution < -0.4 is 11.1 Å². The lowest BCUT2D eigenvalue weighted by atomic mass is 9.82. The Hall–Kier alpha value is -1.35. The summed E-state index contributed by atoms with van der Waals surface area (Å²) in [5.41, 5.74) is 7.73. The van der Waals surface area contributed by atoms with Crippen molar-refractivity contribution in [2.45, 2.75) is 52.1 Å². The van der Waals surface area contributed by atoms with Crippen LogP contribution in [0.4, 0.5) is 0 Å². The molecule has 1 amide bonds. The topological polar surface area (TPSA) is 55.1 Å². The first-order chi connectivity index (χ1) is 9.20. The predicted molar refractivity (Wildman–Crippen MR) is 77.4 cm³/mol. The Labute approximate surface area is 115 Å². The maximum atomic E-state index is 12.4. The molecule has 0 radical (unpaired) electrons. The lowest BCUT2D eigenvalue weighted by molar-refractivity contribution is -0.131. The van der Waals surface area contributed by atoms with E-state index >= 15 is 0 Å². The van der Waals surface area contributed by atoms with Gasteiger partial charge in [-0.3, -0.25) is 4.79 Å². The number of nitrogens with two attached hydrogens (primary N) is 1. The van der Waals surface area contributed by atoms with E-state index in [9.17, 15) is 4.79 Å². The van der Waals surface area contributed by atoms with E-state index in [0.29, 0.717) is 13.1 Å². The molecule has 3 nitrogen and oxygen atoms in total. The summed E-state index contributed by atoms with van der Waals surface area (Å²) in [5, 5.41) is 3.10. The third kappa shape index (κ3) is 3.16. The van der Waals surface area contributed by atoms with E-state index < -0.39 is 0 Å². The maximum Gasteiger partial charge on any atom is 0.226 e. The monoisotopic (exact) mass is 260 g/mol. The van der Waals surface area contributed by atoms with Crippen LogP contribution >= 0.6 is 0 Å². The zero-order valence-electron chi connectivity index (χ0n) is 11.7. The van der Waals surface area contributed by atoms with E-state index in [2.05, 4.69) is 12.2 Å². The van der Waals surface area contributed by atoms with Gasteiger partial charge in [-0.05, 0) is 30.4 Å². The molecule has 1 aromatic carbocycles. The summed E-state index contributed by atoms with van der Waals surface area (Å²) < 4.78 is 0. The Morgan fingerprint density at radius 1 is 1.21 bits per heavy atom. The van der Waals surface area contributed by atoms with Crippen LogP contribution in [0.2, 0.25) is 0 Å². The molecule has 1 aliphatic carbocycles. The van der Waals surface area contributed by atoms with Crippen molar-refractivity contribution < 1.29 is 4.79 Å². The van der Waals surface area contributed by atoms with Gasteiger partial charge in [-0.15, -0.1) is 0 Å². The number of hydrogen-bond donors (Lipinski definition) is 2. The molecule has 0 saturated heterocycles. The minimum absolute atomic E-state index is 0.100. The van der Waals surface area contributed by atoms with E-state index in [0.717, 1.165) is 30.4 Å². The molecule has 1 saturated carbocycles. The molecular formula is C16H24N2O. The number of rotatable bonds is 5. The summed E-state index contributed by atoms with van der Waals surface area (Å²) in [4.78, 5) is 12.4. The van der Waals surface area contributed by atoms with Crippen LogP contribution in [0, 0.1) is 5.41 Å². The molecule has 0 spiro atoms. The molecule has 0 atom stereocenters. The van der Waals surface area contributed by atoms with Crippen LogP contribution in [0.25, 0.3) is 0 Å². The molecular weight excluding hydrogens is 236 g/mol. The average Bonchev–Trinajstić information content (AvgIpc) is 2.95. The summed E-state index contributed by atoms with van der Waals surface area (Å²) in [6.07, 6.45) is 5.41. The second-order valence-corrected chi connectivity index (χ2v) is 5.54. The molecule has 19 heavy (non-hydrogen) atoms. The molecule has 104 valence electrons.